The number of allylic oxidation sites excluding steroid dienone is 3. The van der Waals surface area contributed by atoms with E-state index in [1.165, 1.54) is 0 Å². The van der Waals surface area contributed by atoms with Crippen LogP contribution in [0.2, 0.25) is 0 Å². The maximum absolute atomic E-state index is 5.70. The van der Waals surface area contributed by atoms with E-state index in [4.69, 9.17) is 4.42 Å². The second kappa shape index (κ2) is 8.95. The Morgan fingerprint density at radius 1 is 1.19 bits per heavy atom. The Morgan fingerprint density at radius 2 is 2.04 bits per heavy atom. The van der Waals surface area contributed by atoms with Gasteiger partial charge < -0.3 is 9.73 Å². The van der Waals surface area contributed by atoms with Crippen LogP contribution in [0.15, 0.2) is 83.0 Å². The fraction of sp³-hybridized carbons (Fsp3) is 0.100. The van der Waals surface area contributed by atoms with Crippen LogP contribution in [0.25, 0.3) is 22.8 Å². The van der Waals surface area contributed by atoms with E-state index in [9.17, 15) is 0 Å². The Kier molecular flexibility index (Phi) is 6.17. The van der Waals surface area contributed by atoms with Crippen LogP contribution >= 0.6 is 11.8 Å². The van der Waals surface area contributed by atoms with Gasteiger partial charge in [-0.2, -0.15) is 4.98 Å². The first-order chi connectivity index (χ1) is 13.2. The molecule has 7 heteroatoms. The van der Waals surface area contributed by atoms with Crippen molar-refractivity contribution in [2.24, 2.45) is 4.99 Å². The van der Waals surface area contributed by atoms with Crippen molar-refractivity contribution in [2.75, 3.05) is 5.75 Å². The summed E-state index contributed by atoms with van der Waals surface area (Å²) < 4.78 is 5.70. The third kappa shape index (κ3) is 4.71. The summed E-state index contributed by atoms with van der Waals surface area (Å²) in [5.74, 6) is 1.97. The number of aliphatic imine (C=N–C) groups is 1. The summed E-state index contributed by atoms with van der Waals surface area (Å²) in [6, 6.07) is 9.24. The molecule has 1 aliphatic rings. The van der Waals surface area contributed by atoms with Crippen LogP contribution in [-0.2, 0) is 0 Å². The van der Waals surface area contributed by atoms with Gasteiger partial charge in [-0.15, -0.1) is 0 Å². The van der Waals surface area contributed by atoms with Gasteiger partial charge >= 0.3 is 0 Å². The van der Waals surface area contributed by atoms with Crippen LogP contribution in [0, 0.1) is 0 Å². The molecule has 6 nitrogen and oxygen atoms in total. The van der Waals surface area contributed by atoms with E-state index in [1.54, 1.807) is 30.1 Å². The first-order valence-corrected chi connectivity index (χ1v) is 9.28. The number of amidine groups is 1. The van der Waals surface area contributed by atoms with Gasteiger partial charge in [-0.25, -0.2) is 15.0 Å². The summed E-state index contributed by atoms with van der Waals surface area (Å²) >= 11 is 1.66. The minimum Gasteiger partial charge on any atom is -0.433 e. The monoisotopic (exact) mass is 377 g/mol. The van der Waals surface area contributed by atoms with Crippen molar-refractivity contribution in [2.45, 2.75) is 6.92 Å². The summed E-state index contributed by atoms with van der Waals surface area (Å²) in [4.78, 5) is 17.6. The molecule has 0 atom stereocenters. The van der Waals surface area contributed by atoms with Crippen molar-refractivity contribution in [3.8, 4) is 11.6 Å². The molecule has 1 aliphatic heterocycles. The van der Waals surface area contributed by atoms with E-state index >= 15 is 0 Å². The van der Waals surface area contributed by atoms with Crippen molar-refractivity contribution >= 4 is 34.0 Å². The van der Waals surface area contributed by atoms with Gasteiger partial charge in [0.2, 0.25) is 5.89 Å². The standard InChI is InChI=1S/C16H13N5OS.C4H6/c1-2-10-9-23-16(18-10)20-13-7-3-5-11(19-13)15-21-14-12(22-15)6-4-8-17-14;1-3-4-2/h2-8H,9H2,1H3,(H,18,19,20);3-4H,1-2H2/b10-2+;. The minimum atomic E-state index is 0.446. The topological polar surface area (TPSA) is 76.2 Å². The van der Waals surface area contributed by atoms with Crippen LogP contribution in [0.1, 0.15) is 6.92 Å². The molecule has 4 heterocycles. The third-order valence-corrected chi connectivity index (χ3v) is 4.40. The number of hydrogen-bond donors (Lipinski definition) is 1. The van der Waals surface area contributed by atoms with Gasteiger partial charge in [0, 0.05) is 17.6 Å². The number of oxazole rings is 1. The highest BCUT2D eigenvalue weighted by Gasteiger charge is 2.14. The largest absolute Gasteiger partial charge is 0.433 e. The van der Waals surface area contributed by atoms with Crippen LogP contribution < -0.4 is 5.32 Å². The first-order valence-electron chi connectivity index (χ1n) is 8.29. The van der Waals surface area contributed by atoms with E-state index < -0.39 is 0 Å². The molecule has 3 aromatic rings. The van der Waals surface area contributed by atoms with Gasteiger partial charge in [-0.3, -0.25) is 0 Å². The molecule has 0 radical (unpaired) electrons. The Bertz CT molecular complexity index is 983. The summed E-state index contributed by atoms with van der Waals surface area (Å²) in [7, 11) is 0. The SMILES string of the molecule is C/C=C1\CS/C(=N/c2cccc(-c3nc4ncccc4o3)n2)N1.C=CC=C. The van der Waals surface area contributed by atoms with Gasteiger partial charge in [0.25, 0.3) is 0 Å². The number of aromatic nitrogens is 3. The van der Waals surface area contributed by atoms with Gasteiger partial charge in [0.1, 0.15) is 5.69 Å². The van der Waals surface area contributed by atoms with Crippen molar-refractivity contribution in [1.82, 2.24) is 20.3 Å². The Labute approximate surface area is 161 Å². The highest BCUT2D eigenvalue weighted by Crippen LogP contribution is 2.24. The van der Waals surface area contributed by atoms with Gasteiger partial charge in [-0.1, -0.05) is 49.2 Å². The van der Waals surface area contributed by atoms with Crippen LogP contribution in [-0.4, -0.2) is 25.9 Å². The molecular weight excluding hydrogens is 358 g/mol. The third-order valence-electron chi connectivity index (χ3n) is 3.48. The Hall–Kier alpha value is -3.19. The maximum atomic E-state index is 5.70. The van der Waals surface area contributed by atoms with Gasteiger partial charge in [0.05, 0.1) is 0 Å². The smallest absolute Gasteiger partial charge is 0.247 e. The number of pyridine rings is 2. The molecule has 0 bridgehead atoms. The second-order valence-corrected chi connectivity index (χ2v) is 6.31. The molecule has 27 heavy (non-hydrogen) atoms. The molecule has 0 aliphatic carbocycles. The fourth-order valence-corrected chi connectivity index (χ4v) is 3.05. The van der Waals surface area contributed by atoms with Crippen molar-refractivity contribution < 1.29 is 4.42 Å². The molecule has 0 amide bonds. The summed E-state index contributed by atoms with van der Waals surface area (Å²) in [5, 5.41) is 4.10. The van der Waals surface area contributed by atoms with E-state index in [0.717, 1.165) is 16.6 Å². The minimum absolute atomic E-state index is 0.446. The van der Waals surface area contributed by atoms with Crippen LogP contribution in [0.3, 0.4) is 0 Å². The van der Waals surface area contributed by atoms with Crippen molar-refractivity contribution in [1.29, 1.82) is 0 Å². The molecule has 1 fully saturated rings. The molecule has 0 spiro atoms. The van der Waals surface area contributed by atoms with E-state index in [-0.39, 0.29) is 0 Å². The number of rotatable bonds is 3. The number of hydrogen-bond acceptors (Lipinski definition) is 6. The highest BCUT2D eigenvalue weighted by atomic mass is 32.2. The van der Waals surface area contributed by atoms with Gasteiger partial charge in [0.15, 0.2) is 22.2 Å². The molecule has 0 unspecified atom stereocenters. The molecule has 1 saturated heterocycles. The predicted molar refractivity (Wildman–Crippen MR) is 112 cm³/mol. The molecule has 1 N–H and O–H groups in total. The lowest BCUT2D eigenvalue weighted by Crippen LogP contribution is -2.11. The number of thioether (sulfide) groups is 1. The lowest BCUT2D eigenvalue weighted by Gasteiger charge is -1.99. The molecule has 0 aromatic carbocycles. The molecule has 4 rings (SSSR count). The van der Waals surface area contributed by atoms with Crippen LogP contribution in [0.5, 0.6) is 0 Å². The van der Waals surface area contributed by atoms with E-state index in [0.29, 0.717) is 28.6 Å². The number of fused-ring (bicyclic) bond motifs is 1. The zero-order valence-electron chi connectivity index (χ0n) is 14.9. The zero-order chi connectivity index (χ0) is 19.1. The normalized spacial score (nSPS) is 16.0. The highest BCUT2D eigenvalue weighted by molar-refractivity contribution is 8.14. The molecular formula is C20H19N5OS. The summed E-state index contributed by atoms with van der Waals surface area (Å²) in [6.07, 6.45) is 7.01. The predicted octanol–water partition coefficient (Wildman–Crippen LogP) is 4.87. The van der Waals surface area contributed by atoms with Crippen molar-refractivity contribution in [3.05, 3.63) is 73.6 Å². The molecule has 0 saturated carbocycles. The average molecular weight is 377 g/mol. The second-order valence-electron chi connectivity index (χ2n) is 5.34. The fourth-order valence-electron chi connectivity index (χ4n) is 2.16. The Morgan fingerprint density at radius 3 is 2.74 bits per heavy atom. The lowest BCUT2D eigenvalue weighted by molar-refractivity contribution is 0.616. The van der Waals surface area contributed by atoms with Crippen LogP contribution in [0.4, 0.5) is 5.82 Å². The lowest BCUT2D eigenvalue weighted by atomic mass is 10.3. The summed E-state index contributed by atoms with van der Waals surface area (Å²) in [5.41, 5.74) is 3.02. The molecule has 3 aromatic heterocycles. The quantitative estimate of drug-likeness (QED) is 0.656. The van der Waals surface area contributed by atoms with Crippen molar-refractivity contribution in [3.63, 3.8) is 0 Å². The molecule has 136 valence electrons. The zero-order valence-corrected chi connectivity index (χ0v) is 15.7. The summed E-state index contributed by atoms with van der Waals surface area (Å²) in [6.45, 7) is 8.73. The van der Waals surface area contributed by atoms with Gasteiger partial charge in [-0.05, 0) is 31.2 Å². The average Bonchev–Trinajstić information content (AvgIpc) is 3.35. The maximum Gasteiger partial charge on any atom is 0.247 e. The Balaban J connectivity index is 0.000000481. The number of nitrogens with one attached hydrogen (secondary N) is 1. The van der Waals surface area contributed by atoms with E-state index in [2.05, 4.69) is 38.4 Å². The van der Waals surface area contributed by atoms with E-state index in [1.807, 2.05) is 43.3 Å². The number of nitrogens with zero attached hydrogens (tertiary/aromatic N) is 4. The first kappa shape index (κ1) is 18.6.